The number of aliphatic hydroxyl groups excluding tert-OH is 1. The lowest BCUT2D eigenvalue weighted by molar-refractivity contribution is 0.149. The van der Waals surface area contributed by atoms with Crippen LogP contribution in [0, 0.1) is 0 Å². The van der Waals surface area contributed by atoms with Gasteiger partial charge in [-0.3, -0.25) is 0 Å². The summed E-state index contributed by atoms with van der Waals surface area (Å²) >= 11 is 6.08. The predicted molar refractivity (Wildman–Crippen MR) is 75.2 cm³/mol. The molecule has 0 spiro atoms. The van der Waals surface area contributed by atoms with Gasteiger partial charge in [-0.05, 0) is 30.5 Å². The number of rotatable bonds is 7. The molecule has 1 aromatic carbocycles. The molecule has 0 saturated carbocycles. The summed E-state index contributed by atoms with van der Waals surface area (Å²) in [5, 5.41) is 13.5. The van der Waals surface area contributed by atoms with E-state index in [1.54, 1.807) is 7.11 Å². The Hall–Kier alpha value is -0.770. The van der Waals surface area contributed by atoms with Gasteiger partial charge < -0.3 is 15.2 Å². The van der Waals surface area contributed by atoms with Crippen molar-refractivity contribution in [1.82, 2.24) is 5.32 Å². The van der Waals surface area contributed by atoms with Crippen LogP contribution in [0.4, 0.5) is 0 Å². The van der Waals surface area contributed by atoms with Crippen LogP contribution in [-0.2, 0) is 6.54 Å². The van der Waals surface area contributed by atoms with Crippen molar-refractivity contribution in [2.75, 3.05) is 13.7 Å². The second-order valence-electron chi connectivity index (χ2n) is 4.47. The van der Waals surface area contributed by atoms with Crippen molar-refractivity contribution < 1.29 is 9.84 Å². The normalized spacial score (nSPS) is 11.6. The maximum atomic E-state index is 9.48. The molecular weight excluding hydrogens is 250 g/mol. The fraction of sp³-hybridized carbons (Fsp3) is 0.571. The molecule has 102 valence electrons. The number of benzene rings is 1. The Morgan fingerprint density at radius 3 is 2.44 bits per heavy atom. The van der Waals surface area contributed by atoms with Crippen molar-refractivity contribution in [3.8, 4) is 5.75 Å². The van der Waals surface area contributed by atoms with E-state index in [0.717, 1.165) is 18.4 Å². The fourth-order valence-corrected chi connectivity index (χ4v) is 2.17. The van der Waals surface area contributed by atoms with Crippen LogP contribution in [0.1, 0.15) is 32.3 Å². The van der Waals surface area contributed by atoms with E-state index in [0.29, 0.717) is 17.3 Å². The van der Waals surface area contributed by atoms with Crippen molar-refractivity contribution in [3.63, 3.8) is 0 Å². The Morgan fingerprint density at radius 2 is 2.00 bits per heavy atom. The summed E-state index contributed by atoms with van der Waals surface area (Å²) < 4.78 is 5.12. The highest BCUT2D eigenvalue weighted by Gasteiger charge is 2.23. The van der Waals surface area contributed by atoms with E-state index >= 15 is 0 Å². The molecule has 0 aromatic heterocycles. The van der Waals surface area contributed by atoms with Gasteiger partial charge in [-0.2, -0.15) is 0 Å². The first-order valence-corrected chi connectivity index (χ1v) is 6.67. The quantitative estimate of drug-likeness (QED) is 0.801. The van der Waals surface area contributed by atoms with Gasteiger partial charge in [0, 0.05) is 12.1 Å². The highest BCUT2D eigenvalue weighted by molar-refractivity contribution is 6.32. The molecule has 0 amide bonds. The van der Waals surface area contributed by atoms with Gasteiger partial charge in [0.2, 0.25) is 0 Å². The van der Waals surface area contributed by atoms with Gasteiger partial charge >= 0.3 is 0 Å². The van der Waals surface area contributed by atoms with Crippen LogP contribution in [0.3, 0.4) is 0 Å². The zero-order valence-corrected chi connectivity index (χ0v) is 12.0. The number of methoxy groups -OCH3 is 1. The standard InChI is InChI=1S/C14H22ClNO2/c1-4-14(5-2,10-17)16-9-11-6-7-13(18-3)12(15)8-11/h6-8,16-17H,4-5,9-10H2,1-3H3. The largest absolute Gasteiger partial charge is 0.495 e. The molecule has 1 rings (SSSR count). The van der Waals surface area contributed by atoms with Crippen LogP contribution in [0.5, 0.6) is 5.75 Å². The molecule has 0 aliphatic heterocycles. The molecule has 18 heavy (non-hydrogen) atoms. The lowest BCUT2D eigenvalue weighted by Gasteiger charge is -2.31. The minimum absolute atomic E-state index is 0.143. The average molecular weight is 272 g/mol. The second kappa shape index (κ2) is 6.98. The molecule has 0 radical (unpaired) electrons. The number of aliphatic hydroxyl groups is 1. The Balaban J connectivity index is 2.71. The van der Waals surface area contributed by atoms with Gasteiger partial charge in [0.25, 0.3) is 0 Å². The number of ether oxygens (including phenoxy) is 1. The van der Waals surface area contributed by atoms with Gasteiger partial charge in [0.05, 0.1) is 18.7 Å². The first kappa shape index (κ1) is 15.3. The average Bonchev–Trinajstić information content (AvgIpc) is 2.41. The Labute approximate surface area is 114 Å². The summed E-state index contributed by atoms with van der Waals surface area (Å²) in [6.45, 7) is 4.98. The third-order valence-corrected chi connectivity index (χ3v) is 3.84. The highest BCUT2D eigenvalue weighted by Crippen LogP contribution is 2.25. The van der Waals surface area contributed by atoms with Crippen LogP contribution in [0.25, 0.3) is 0 Å². The molecule has 2 N–H and O–H groups in total. The first-order chi connectivity index (χ1) is 8.60. The van der Waals surface area contributed by atoms with Gasteiger partial charge in [-0.15, -0.1) is 0 Å². The minimum Gasteiger partial charge on any atom is -0.495 e. The topological polar surface area (TPSA) is 41.5 Å². The van der Waals surface area contributed by atoms with E-state index in [1.807, 2.05) is 18.2 Å². The summed E-state index contributed by atoms with van der Waals surface area (Å²) in [6, 6.07) is 5.73. The molecule has 4 heteroatoms. The van der Waals surface area contributed by atoms with Crippen molar-refractivity contribution >= 4 is 11.6 Å². The molecule has 0 heterocycles. The molecule has 0 saturated heterocycles. The van der Waals surface area contributed by atoms with E-state index < -0.39 is 0 Å². The van der Waals surface area contributed by atoms with Crippen LogP contribution >= 0.6 is 11.6 Å². The smallest absolute Gasteiger partial charge is 0.137 e. The molecule has 0 aliphatic rings. The second-order valence-corrected chi connectivity index (χ2v) is 4.88. The SMILES string of the molecule is CCC(CC)(CO)NCc1ccc(OC)c(Cl)c1. The van der Waals surface area contributed by atoms with E-state index in [-0.39, 0.29) is 12.1 Å². The lowest BCUT2D eigenvalue weighted by atomic mass is 9.93. The van der Waals surface area contributed by atoms with Gasteiger partial charge in [0.1, 0.15) is 5.75 Å². The number of hydrogen-bond acceptors (Lipinski definition) is 3. The summed E-state index contributed by atoms with van der Waals surface area (Å²) in [5.74, 6) is 0.680. The summed E-state index contributed by atoms with van der Waals surface area (Å²) in [7, 11) is 1.60. The molecule has 0 bridgehead atoms. The van der Waals surface area contributed by atoms with Crippen LogP contribution < -0.4 is 10.1 Å². The van der Waals surface area contributed by atoms with Crippen LogP contribution in [0.15, 0.2) is 18.2 Å². The Morgan fingerprint density at radius 1 is 1.33 bits per heavy atom. The third kappa shape index (κ3) is 3.61. The zero-order chi connectivity index (χ0) is 13.6. The number of nitrogens with one attached hydrogen (secondary N) is 1. The van der Waals surface area contributed by atoms with Crippen LogP contribution in [-0.4, -0.2) is 24.4 Å². The van der Waals surface area contributed by atoms with Gasteiger partial charge in [-0.25, -0.2) is 0 Å². The molecule has 0 atom stereocenters. The van der Waals surface area contributed by atoms with Gasteiger partial charge in [-0.1, -0.05) is 31.5 Å². The number of hydrogen-bond donors (Lipinski definition) is 2. The van der Waals surface area contributed by atoms with Crippen molar-refractivity contribution in [3.05, 3.63) is 28.8 Å². The predicted octanol–water partition coefficient (Wildman–Crippen LogP) is 2.99. The summed E-state index contributed by atoms with van der Waals surface area (Å²) in [5.41, 5.74) is 0.882. The van der Waals surface area contributed by atoms with E-state index in [9.17, 15) is 5.11 Å². The molecular formula is C14H22ClNO2. The van der Waals surface area contributed by atoms with Gasteiger partial charge in [0.15, 0.2) is 0 Å². The third-order valence-electron chi connectivity index (χ3n) is 3.54. The Kier molecular flexibility index (Phi) is 5.93. The maximum absolute atomic E-state index is 9.48. The minimum atomic E-state index is -0.202. The Bertz CT molecular complexity index is 370. The van der Waals surface area contributed by atoms with Crippen molar-refractivity contribution in [1.29, 1.82) is 0 Å². The first-order valence-electron chi connectivity index (χ1n) is 6.29. The molecule has 1 aromatic rings. The summed E-state index contributed by atoms with van der Waals surface area (Å²) in [4.78, 5) is 0. The van der Waals surface area contributed by atoms with Crippen molar-refractivity contribution in [2.24, 2.45) is 0 Å². The van der Waals surface area contributed by atoms with E-state index in [1.165, 1.54) is 0 Å². The zero-order valence-electron chi connectivity index (χ0n) is 11.3. The van der Waals surface area contributed by atoms with Crippen molar-refractivity contribution in [2.45, 2.75) is 38.8 Å². The molecule has 0 fully saturated rings. The highest BCUT2D eigenvalue weighted by atomic mass is 35.5. The molecule has 0 aliphatic carbocycles. The van der Waals surface area contributed by atoms with Crippen LogP contribution in [0.2, 0.25) is 5.02 Å². The van der Waals surface area contributed by atoms with E-state index in [2.05, 4.69) is 19.2 Å². The maximum Gasteiger partial charge on any atom is 0.137 e. The van der Waals surface area contributed by atoms with E-state index in [4.69, 9.17) is 16.3 Å². The monoisotopic (exact) mass is 271 g/mol. The lowest BCUT2D eigenvalue weighted by Crippen LogP contribution is -2.47. The number of halogens is 1. The fourth-order valence-electron chi connectivity index (χ4n) is 1.89. The molecule has 3 nitrogen and oxygen atoms in total. The molecule has 0 unspecified atom stereocenters. The summed E-state index contributed by atoms with van der Waals surface area (Å²) in [6.07, 6.45) is 1.79.